The minimum absolute atomic E-state index is 0.221. The van der Waals surface area contributed by atoms with Crippen molar-refractivity contribution in [2.24, 2.45) is 0 Å². The van der Waals surface area contributed by atoms with E-state index in [0.29, 0.717) is 6.61 Å². The fourth-order valence-corrected chi connectivity index (χ4v) is 2.25. The highest BCUT2D eigenvalue weighted by Crippen LogP contribution is 2.24. The summed E-state index contributed by atoms with van der Waals surface area (Å²) in [5.41, 5.74) is 1.28. The lowest BCUT2D eigenvalue weighted by molar-refractivity contribution is 0.0617. The second kappa shape index (κ2) is 6.64. The Bertz CT molecular complexity index is 520. The zero-order chi connectivity index (χ0) is 13.7. The fourth-order valence-electron chi connectivity index (χ4n) is 2.25. The van der Waals surface area contributed by atoms with Gasteiger partial charge in [0, 0.05) is 17.8 Å². The van der Waals surface area contributed by atoms with Crippen LogP contribution in [0.1, 0.15) is 32.4 Å². The maximum atomic E-state index is 5.78. The van der Waals surface area contributed by atoms with Gasteiger partial charge in [0.2, 0.25) is 0 Å². The summed E-state index contributed by atoms with van der Waals surface area (Å²) >= 11 is 0. The Hall–Kier alpha value is -1.45. The van der Waals surface area contributed by atoms with E-state index in [2.05, 4.69) is 55.3 Å². The van der Waals surface area contributed by atoms with Crippen LogP contribution >= 0.6 is 0 Å². The third kappa shape index (κ3) is 3.52. The molecule has 0 saturated heterocycles. The number of fused-ring (bicyclic) bond motifs is 1. The van der Waals surface area contributed by atoms with Gasteiger partial charge in [-0.3, -0.25) is 4.98 Å². The summed E-state index contributed by atoms with van der Waals surface area (Å²) in [7, 11) is 0. The first-order valence-electron chi connectivity index (χ1n) is 6.90. The average Bonchev–Trinajstić information content (AvgIpc) is 2.43. The van der Waals surface area contributed by atoms with Gasteiger partial charge in [0.25, 0.3) is 0 Å². The lowest BCUT2D eigenvalue weighted by atomic mass is 10.0. The molecule has 1 heterocycles. The third-order valence-corrected chi connectivity index (χ3v) is 3.14. The van der Waals surface area contributed by atoms with Gasteiger partial charge in [-0.2, -0.15) is 0 Å². The lowest BCUT2D eigenvalue weighted by Gasteiger charge is -2.21. The highest BCUT2D eigenvalue weighted by Gasteiger charge is 2.14. The molecule has 1 aromatic heterocycles. The Kier molecular flexibility index (Phi) is 4.88. The van der Waals surface area contributed by atoms with Gasteiger partial charge in [-0.1, -0.05) is 25.1 Å². The van der Waals surface area contributed by atoms with Gasteiger partial charge in [0.1, 0.15) is 0 Å². The molecular weight excluding hydrogens is 236 g/mol. The van der Waals surface area contributed by atoms with Crippen LogP contribution in [-0.2, 0) is 4.74 Å². The fraction of sp³-hybridized carbons (Fsp3) is 0.438. The summed E-state index contributed by atoms with van der Waals surface area (Å²) in [6.07, 6.45) is 4.00. The summed E-state index contributed by atoms with van der Waals surface area (Å²) in [4.78, 5) is 4.18. The molecule has 0 aliphatic heterocycles. The van der Waals surface area contributed by atoms with Gasteiger partial charge in [-0.15, -0.1) is 0 Å². The van der Waals surface area contributed by atoms with Crippen molar-refractivity contribution in [1.82, 2.24) is 10.3 Å². The van der Waals surface area contributed by atoms with Crippen molar-refractivity contribution >= 4 is 10.8 Å². The Labute approximate surface area is 115 Å². The molecule has 0 aliphatic rings. The SMILES string of the molecule is CCNC(COC(C)C)c1cccc2cnccc12. The van der Waals surface area contributed by atoms with E-state index in [0.717, 1.165) is 6.54 Å². The largest absolute Gasteiger partial charge is 0.377 e. The van der Waals surface area contributed by atoms with Crippen LogP contribution in [0.25, 0.3) is 10.8 Å². The minimum Gasteiger partial charge on any atom is -0.377 e. The second-order valence-corrected chi connectivity index (χ2v) is 4.94. The van der Waals surface area contributed by atoms with Crippen molar-refractivity contribution in [1.29, 1.82) is 0 Å². The molecule has 0 bridgehead atoms. The zero-order valence-electron chi connectivity index (χ0n) is 11.9. The molecule has 102 valence electrons. The monoisotopic (exact) mass is 258 g/mol. The Morgan fingerprint density at radius 2 is 2.11 bits per heavy atom. The molecule has 0 saturated carbocycles. The lowest BCUT2D eigenvalue weighted by Crippen LogP contribution is -2.26. The number of hydrogen-bond donors (Lipinski definition) is 1. The van der Waals surface area contributed by atoms with Crippen LogP contribution in [-0.4, -0.2) is 24.2 Å². The van der Waals surface area contributed by atoms with Crippen LogP contribution in [0, 0.1) is 0 Å². The minimum atomic E-state index is 0.221. The number of aromatic nitrogens is 1. The molecule has 0 fully saturated rings. The molecule has 3 heteroatoms. The van der Waals surface area contributed by atoms with Crippen molar-refractivity contribution in [3.05, 3.63) is 42.2 Å². The van der Waals surface area contributed by atoms with Gasteiger partial charge in [0.05, 0.1) is 18.8 Å². The summed E-state index contributed by atoms with van der Waals surface area (Å²) in [6.45, 7) is 7.86. The van der Waals surface area contributed by atoms with Crippen LogP contribution < -0.4 is 5.32 Å². The first kappa shape index (κ1) is 14.0. The Balaban J connectivity index is 2.32. The molecule has 0 radical (unpaired) electrons. The topological polar surface area (TPSA) is 34.1 Å². The smallest absolute Gasteiger partial charge is 0.0665 e. The molecule has 1 aromatic carbocycles. The number of rotatable bonds is 6. The van der Waals surface area contributed by atoms with E-state index in [-0.39, 0.29) is 12.1 Å². The molecule has 1 unspecified atom stereocenters. The quantitative estimate of drug-likeness (QED) is 0.863. The summed E-state index contributed by atoms with van der Waals surface area (Å²) in [6, 6.07) is 8.64. The predicted molar refractivity (Wildman–Crippen MR) is 79.2 cm³/mol. The molecule has 1 atom stereocenters. The van der Waals surface area contributed by atoms with Gasteiger partial charge < -0.3 is 10.1 Å². The average molecular weight is 258 g/mol. The highest BCUT2D eigenvalue weighted by molar-refractivity contribution is 5.85. The van der Waals surface area contributed by atoms with Crippen LogP contribution in [0.4, 0.5) is 0 Å². The number of nitrogens with one attached hydrogen (secondary N) is 1. The normalized spacial score (nSPS) is 13.1. The van der Waals surface area contributed by atoms with Gasteiger partial charge in [-0.25, -0.2) is 0 Å². The van der Waals surface area contributed by atoms with E-state index in [4.69, 9.17) is 4.74 Å². The van der Waals surface area contributed by atoms with Crippen molar-refractivity contribution in [2.75, 3.05) is 13.2 Å². The predicted octanol–water partition coefficient (Wildman–Crippen LogP) is 3.31. The van der Waals surface area contributed by atoms with Crippen LogP contribution in [0.5, 0.6) is 0 Å². The standard InChI is InChI=1S/C16H22N2O/c1-4-18-16(11-19-12(2)3)15-7-5-6-13-10-17-9-8-14(13)15/h5-10,12,16,18H,4,11H2,1-3H3. The van der Waals surface area contributed by atoms with Crippen molar-refractivity contribution in [2.45, 2.75) is 32.9 Å². The molecule has 2 rings (SSSR count). The maximum absolute atomic E-state index is 5.78. The molecule has 0 aliphatic carbocycles. The number of pyridine rings is 1. The molecule has 19 heavy (non-hydrogen) atoms. The van der Waals surface area contributed by atoms with E-state index in [1.807, 2.05) is 12.4 Å². The highest BCUT2D eigenvalue weighted by atomic mass is 16.5. The number of benzene rings is 1. The van der Waals surface area contributed by atoms with E-state index < -0.39 is 0 Å². The number of ether oxygens (including phenoxy) is 1. The first-order chi connectivity index (χ1) is 9.22. The maximum Gasteiger partial charge on any atom is 0.0665 e. The van der Waals surface area contributed by atoms with E-state index in [9.17, 15) is 0 Å². The Morgan fingerprint density at radius 3 is 2.84 bits per heavy atom. The first-order valence-corrected chi connectivity index (χ1v) is 6.90. The van der Waals surface area contributed by atoms with E-state index in [1.54, 1.807) is 0 Å². The van der Waals surface area contributed by atoms with Crippen molar-refractivity contribution in [3.63, 3.8) is 0 Å². The van der Waals surface area contributed by atoms with Crippen molar-refractivity contribution in [3.8, 4) is 0 Å². The number of likely N-dealkylation sites (N-methyl/N-ethyl adjacent to an activating group) is 1. The molecular formula is C16H22N2O. The van der Waals surface area contributed by atoms with Gasteiger partial charge >= 0.3 is 0 Å². The van der Waals surface area contributed by atoms with Crippen molar-refractivity contribution < 1.29 is 4.74 Å². The van der Waals surface area contributed by atoms with Gasteiger partial charge in [-0.05, 0) is 37.4 Å². The molecule has 1 N–H and O–H groups in total. The van der Waals surface area contributed by atoms with Gasteiger partial charge in [0.15, 0.2) is 0 Å². The molecule has 0 amide bonds. The Morgan fingerprint density at radius 1 is 1.26 bits per heavy atom. The van der Waals surface area contributed by atoms with Crippen LogP contribution in [0.2, 0.25) is 0 Å². The summed E-state index contributed by atoms with van der Waals surface area (Å²) < 4.78 is 5.78. The summed E-state index contributed by atoms with van der Waals surface area (Å²) in [5.74, 6) is 0. The third-order valence-electron chi connectivity index (χ3n) is 3.14. The van der Waals surface area contributed by atoms with E-state index >= 15 is 0 Å². The number of hydrogen-bond acceptors (Lipinski definition) is 3. The van der Waals surface area contributed by atoms with E-state index in [1.165, 1.54) is 16.3 Å². The van der Waals surface area contributed by atoms with Crippen LogP contribution in [0.3, 0.4) is 0 Å². The number of nitrogens with zero attached hydrogens (tertiary/aromatic N) is 1. The van der Waals surface area contributed by atoms with Crippen LogP contribution in [0.15, 0.2) is 36.7 Å². The molecule has 0 spiro atoms. The second-order valence-electron chi connectivity index (χ2n) is 4.94. The summed E-state index contributed by atoms with van der Waals surface area (Å²) in [5, 5.41) is 5.92. The zero-order valence-corrected chi connectivity index (χ0v) is 11.9. The molecule has 3 nitrogen and oxygen atoms in total. The molecule has 2 aromatic rings.